The third-order valence-electron chi connectivity index (χ3n) is 2.96. The second-order valence-electron chi connectivity index (χ2n) is 4.35. The predicted molar refractivity (Wildman–Crippen MR) is 81.3 cm³/mol. The van der Waals surface area contributed by atoms with Crippen LogP contribution in [0.1, 0.15) is 16.1 Å². The van der Waals surface area contributed by atoms with E-state index in [0.29, 0.717) is 32.1 Å². The summed E-state index contributed by atoms with van der Waals surface area (Å²) in [6, 6.07) is 7.16. The van der Waals surface area contributed by atoms with Crippen molar-refractivity contribution in [3.05, 3.63) is 57.5 Å². The first-order valence-electron chi connectivity index (χ1n) is 6.04. The molecule has 1 aromatic carbocycles. The zero-order chi connectivity index (χ0) is 15.0. The SMILES string of the molecule is Cc1onc(-c2ccccc2Cl)c1C(=O)n1cc(Br)cn1. The normalized spacial score (nSPS) is 10.8. The summed E-state index contributed by atoms with van der Waals surface area (Å²) in [6.07, 6.45) is 3.11. The predicted octanol–water partition coefficient (Wildman–Crippen LogP) is 3.95. The Labute approximate surface area is 133 Å². The topological polar surface area (TPSA) is 60.9 Å². The van der Waals surface area contributed by atoms with E-state index in [1.165, 1.54) is 10.9 Å². The molecule has 2 heterocycles. The van der Waals surface area contributed by atoms with Crippen LogP contribution in [0.2, 0.25) is 5.02 Å². The molecule has 3 aromatic rings. The molecule has 0 atom stereocenters. The van der Waals surface area contributed by atoms with Crippen LogP contribution in [0.15, 0.2) is 45.7 Å². The summed E-state index contributed by atoms with van der Waals surface area (Å²) >= 11 is 9.43. The first-order chi connectivity index (χ1) is 10.1. The number of aromatic nitrogens is 3. The molecule has 0 fully saturated rings. The van der Waals surface area contributed by atoms with Gasteiger partial charge in [-0.25, -0.2) is 4.68 Å². The third-order valence-corrected chi connectivity index (χ3v) is 3.70. The molecule has 0 aliphatic carbocycles. The monoisotopic (exact) mass is 365 g/mol. The lowest BCUT2D eigenvalue weighted by atomic mass is 10.1. The van der Waals surface area contributed by atoms with E-state index in [1.807, 2.05) is 12.1 Å². The van der Waals surface area contributed by atoms with E-state index in [4.69, 9.17) is 16.1 Å². The van der Waals surface area contributed by atoms with E-state index in [-0.39, 0.29) is 5.91 Å². The van der Waals surface area contributed by atoms with E-state index in [1.54, 1.807) is 25.3 Å². The smallest absolute Gasteiger partial charge is 0.284 e. The number of aryl methyl sites for hydroxylation is 1. The number of carbonyl (C=O) groups is 1. The first kappa shape index (κ1) is 14.0. The van der Waals surface area contributed by atoms with E-state index < -0.39 is 0 Å². The summed E-state index contributed by atoms with van der Waals surface area (Å²) in [5.41, 5.74) is 1.40. The van der Waals surface area contributed by atoms with Crippen LogP contribution in [-0.2, 0) is 0 Å². The highest BCUT2D eigenvalue weighted by Gasteiger charge is 2.24. The maximum atomic E-state index is 12.6. The number of hydrogen-bond donors (Lipinski definition) is 0. The van der Waals surface area contributed by atoms with E-state index >= 15 is 0 Å². The molecule has 0 saturated heterocycles. The number of nitrogens with zero attached hydrogens (tertiary/aromatic N) is 3. The van der Waals surface area contributed by atoms with E-state index in [9.17, 15) is 4.79 Å². The lowest BCUT2D eigenvalue weighted by molar-refractivity contribution is 0.0944. The minimum Gasteiger partial charge on any atom is -0.360 e. The Bertz CT molecular complexity index is 825. The molecule has 0 aliphatic rings. The van der Waals surface area contributed by atoms with Crippen molar-refractivity contribution >= 4 is 33.4 Å². The number of benzene rings is 1. The molecule has 2 aromatic heterocycles. The van der Waals surface area contributed by atoms with Gasteiger partial charge in [0, 0.05) is 11.8 Å². The summed E-state index contributed by atoms with van der Waals surface area (Å²) in [5, 5.41) is 8.46. The molecule has 21 heavy (non-hydrogen) atoms. The summed E-state index contributed by atoms with van der Waals surface area (Å²) in [4.78, 5) is 12.6. The highest BCUT2D eigenvalue weighted by Crippen LogP contribution is 2.31. The second-order valence-corrected chi connectivity index (χ2v) is 5.67. The Balaban J connectivity index is 2.14. The van der Waals surface area contributed by atoms with Crippen molar-refractivity contribution in [3.8, 4) is 11.3 Å². The van der Waals surface area contributed by atoms with Gasteiger partial charge in [-0.3, -0.25) is 4.79 Å². The summed E-state index contributed by atoms with van der Waals surface area (Å²) in [7, 11) is 0. The fourth-order valence-corrected chi connectivity index (χ4v) is 2.50. The van der Waals surface area contributed by atoms with Crippen molar-refractivity contribution in [1.82, 2.24) is 14.9 Å². The number of rotatable bonds is 2. The minimum absolute atomic E-state index is 0.325. The minimum atomic E-state index is -0.325. The van der Waals surface area contributed by atoms with Crippen molar-refractivity contribution in [3.63, 3.8) is 0 Å². The van der Waals surface area contributed by atoms with Gasteiger partial charge in [-0.15, -0.1) is 0 Å². The summed E-state index contributed by atoms with van der Waals surface area (Å²) in [5.74, 6) is 0.0934. The molecule has 0 spiro atoms. The Morgan fingerprint density at radius 1 is 1.38 bits per heavy atom. The van der Waals surface area contributed by atoms with Crippen molar-refractivity contribution in [2.45, 2.75) is 6.92 Å². The van der Waals surface area contributed by atoms with Crippen molar-refractivity contribution in [2.75, 3.05) is 0 Å². The zero-order valence-corrected chi connectivity index (χ0v) is 13.2. The van der Waals surface area contributed by atoms with Gasteiger partial charge in [0.2, 0.25) is 0 Å². The molecule has 0 radical (unpaired) electrons. The average Bonchev–Trinajstić information content (AvgIpc) is 3.05. The van der Waals surface area contributed by atoms with Crippen LogP contribution in [0.3, 0.4) is 0 Å². The maximum Gasteiger partial charge on any atom is 0.284 e. The highest BCUT2D eigenvalue weighted by atomic mass is 79.9. The van der Waals surface area contributed by atoms with Crippen LogP contribution in [0.25, 0.3) is 11.3 Å². The molecule has 5 nitrogen and oxygen atoms in total. The molecule has 7 heteroatoms. The second kappa shape index (κ2) is 5.46. The highest BCUT2D eigenvalue weighted by molar-refractivity contribution is 9.10. The largest absolute Gasteiger partial charge is 0.360 e. The van der Waals surface area contributed by atoms with Crippen LogP contribution < -0.4 is 0 Å². The van der Waals surface area contributed by atoms with E-state index in [2.05, 4.69) is 26.2 Å². The lowest BCUT2D eigenvalue weighted by Crippen LogP contribution is -2.14. The molecule has 0 N–H and O–H groups in total. The molecular formula is C14H9BrClN3O2. The van der Waals surface area contributed by atoms with Gasteiger partial charge in [-0.05, 0) is 28.9 Å². The van der Waals surface area contributed by atoms with Gasteiger partial charge in [-0.2, -0.15) is 5.10 Å². The fraction of sp³-hybridized carbons (Fsp3) is 0.0714. The van der Waals surface area contributed by atoms with Gasteiger partial charge in [0.25, 0.3) is 5.91 Å². The van der Waals surface area contributed by atoms with Crippen molar-refractivity contribution in [2.24, 2.45) is 0 Å². The Morgan fingerprint density at radius 2 is 2.14 bits per heavy atom. The molecule has 0 bridgehead atoms. The molecule has 106 valence electrons. The Hall–Kier alpha value is -1.92. The molecule has 3 rings (SSSR count). The molecule has 0 amide bonds. The molecule has 0 saturated carbocycles. The van der Waals surface area contributed by atoms with Gasteiger partial charge >= 0.3 is 0 Å². The molecule has 0 unspecified atom stereocenters. The zero-order valence-electron chi connectivity index (χ0n) is 10.9. The van der Waals surface area contributed by atoms with E-state index in [0.717, 1.165) is 0 Å². The lowest BCUT2D eigenvalue weighted by Gasteiger charge is -2.03. The first-order valence-corrected chi connectivity index (χ1v) is 7.21. The van der Waals surface area contributed by atoms with Crippen LogP contribution in [-0.4, -0.2) is 20.8 Å². The third kappa shape index (κ3) is 2.52. The van der Waals surface area contributed by atoms with Crippen LogP contribution in [0.5, 0.6) is 0 Å². The summed E-state index contributed by atoms with van der Waals surface area (Å²) < 4.78 is 7.11. The number of halogens is 2. The Morgan fingerprint density at radius 3 is 2.81 bits per heavy atom. The van der Waals surface area contributed by atoms with Gasteiger partial charge in [0.05, 0.1) is 15.7 Å². The number of hydrogen-bond acceptors (Lipinski definition) is 4. The molecular weight excluding hydrogens is 358 g/mol. The maximum absolute atomic E-state index is 12.6. The van der Waals surface area contributed by atoms with Crippen LogP contribution in [0, 0.1) is 6.92 Å². The molecule has 0 aliphatic heterocycles. The average molecular weight is 367 g/mol. The van der Waals surface area contributed by atoms with Crippen molar-refractivity contribution < 1.29 is 9.32 Å². The van der Waals surface area contributed by atoms with Crippen LogP contribution in [0.4, 0.5) is 0 Å². The summed E-state index contributed by atoms with van der Waals surface area (Å²) in [6.45, 7) is 1.68. The van der Waals surface area contributed by atoms with Crippen molar-refractivity contribution in [1.29, 1.82) is 0 Å². The standard InChI is InChI=1S/C14H9BrClN3O2/c1-8-12(14(20)19-7-9(15)6-17-19)13(18-21-8)10-4-2-3-5-11(10)16/h2-7H,1H3. The van der Waals surface area contributed by atoms with Gasteiger partial charge in [-0.1, -0.05) is 35.0 Å². The van der Waals surface area contributed by atoms with Gasteiger partial charge in [0.1, 0.15) is 17.0 Å². The number of carbonyl (C=O) groups excluding carboxylic acids is 1. The van der Waals surface area contributed by atoms with Gasteiger partial charge in [0.15, 0.2) is 0 Å². The van der Waals surface area contributed by atoms with Gasteiger partial charge < -0.3 is 4.52 Å². The Kier molecular flexibility index (Phi) is 3.65. The van der Waals surface area contributed by atoms with Crippen LogP contribution >= 0.6 is 27.5 Å². The fourth-order valence-electron chi connectivity index (χ4n) is 1.99. The quantitative estimate of drug-likeness (QED) is 0.689.